The molecule has 29 heavy (non-hydrogen) atoms. The van der Waals surface area contributed by atoms with Gasteiger partial charge in [-0.3, -0.25) is 14.4 Å². The largest absolute Gasteiger partial charge is 0.455 e. The number of nitrogens with two attached hydrogens (primary N) is 1. The Labute approximate surface area is 185 Å². The smallest absolute Gasteiger partial charge is 0.316 e. The molecule has 0 spiro atoms. The second-order valence-corrected chi connectivity index (χ2v) is 9.77. The molecule has 3 N–H and O–H groups in total. The number of carbonyl (C=O) groups excluding carboxylic acids is 3. The van der Waals surface area contributed by atoms with Crippen LogP contribution in [0.5, 0.6) is 0 Å². The molecule has 2 amide bonds. The van der Waals surface area contributed by atoms with Crippen molar-refractivity contribution in [3.63, 3.8) is 0 Å². The number of amides is 2. The number of thioether (sulfide) groups is 1. The van der Waals surface area contributed by atoms with Gasteiger partial charge in [0.25, 0.3) is 11.8 Å². The van der Waals surface area contributed by atoms with Gasteiger partial charge in [0, 0.05) is 14.2 Å². The van der Waals surface area contributed by atoms with E-state index in [1.807, 2.05) is 26.0 Å². The fourth-order valence-electron chi connectivity index (χ4n) is 3.15. The maximum Gasteiger partial charge on any atom is 0.316 e. The number of anilines is 1. The van der Waals surface area contributed by atoms with Gasteiger partial charge in [-0.05, 0) is 61.9 Å². The van der Waals surface area contributed by atoms with E-state index in [0.29, 0.717) is 10.6 Å². The highest BCUT2D eigenvalue weighted by molar-refractivity contribution is 9.10. The molecule has 0 bridgehead atoms. The van der Waals surface area contributed by atoms with Gasteiger partial charge in [-0.1, -0.05) is 15.9 Å². The molecule has 1 aliphatic carbocycles. The summed E-state index contributed by atoms with van der Waals surface area (Å²) in [6.07, 6.45) is 2.67. The SMILES string of the molecule is Cc1cc(SCC(=O)OCC(=O)Nc2sc3c(c2C(N)=O)CCC3)c(C)cc1Br. The van der Waals surface area contributed by atoms with Crippen molar-refractivity contribution >= 4 is 61.8 Å². The molecule has 1 aromatic heterocycles. The van der Waals surface area contributed by atoms with Crippen LogP contribution in [0.2, 0.25) is 0 Å². The van der Waals surface area contributed by atoms with Crippen molar-refractivity contribution < 1.29 is 19.1 Å². The van der Waals surface area contributed by atoms with E-state index in [1.54, 1.807) is 0 Å². The Balaban J connectivity index is 1.52. The zero-order valence-electron chi connectivity index (χ0n) is 16.1. The lowest BCUT2D eigenvalue weighted by Crippen LogP contribution is -2.23. The number of primary amides is 1. The van der Waals surface area contributed by atoms with E-state index in [-0.39, 0.29) is 5.75 Å². The topological polar surface area (TPSA) is 98.5 Å². The van der Waals surface area contributed by atoms with E-state index in [1.165, 1.54) is 23.1 Å². The van der Waals surface area contributed by atoms with Gasteiger partial charge in [0.05, 0.1) is 11.3 Å². The normalized spacial score (nSPS) is 12.5. The van der Waals surface area contributed by atoms with Crippen LogP contribution in [-0.2, 0) is 27.2 Å². The minimum absolute atomic E-state index is 0.106. The standard InChI is InChI=1S/C20H21BrN2O4S2/c1-10-7-15(11(2)6-13(10)21)28-9-17(25)27-8-16(24)23-20-18(19(22)26)12-4-3-5-14(12)29-20/h6-7H,3-5,8-9H2,1-2H3,(H2,22,26)(H,23,24). The number of hydrogen-bond acceptors (Lipinski definition) is 6. The highest BCUT2D eigenvalue weighted by Crippen LogP contribution is 2.38. The van der Waals surface area contributed by atoms with Crippen molar-refractivity contribution in [2.45, 2.75) is 38.0 Å². The first-order chi connectivity index (χ1) is 13.8. The molecule has 0 unspecified atom stereocenters. The Morgan fingerprint density at radius 3 is 2.72 bits per heavy atom. The van der Waals surface area contributed by atoms with E-state index in [9.17, 15) is 14.4 Å². The van der Waals surface area contributed by atoms with Gasteiger partial charge in [0.1, 0.15) is 5.00 Å². The molecule has 0 fully saturated rings. The van der Waals surface area contributed by atoms with Gasteiger partial charge in [0.2, 0.25) is 0 Å². The highest BCUT2D eigenvalue weighted by Gasteiger charge is 2.26. The summed E-state index contributed by atoms with van der Waals surface area (Å²) < 4.78 is 6.10. The number of fused-ring (bicyclic) bond motifs is 1. The summed E-state index contributed by atoms with van der Waals surface area (Å²) in [5.74, 6) is -1.40. The van der Waals surface area contributed by atoms with E-state index in [0.717, 1.165) is 50.2 Å². The first-order valence-electron chi connectivity index (χ1n) is 9.05. The molecule has 0 radical (unpaired) electrons. The molecule has 1 heterocycles. The Kier molecular flexibility index (Phi) is 7.02. The number of hydrogen-bond donors (Lipinski definition) is 2. The number of thiophene rings is 1. The lowest BCUT2D eigenvalue weighted by atomic mass is 10.1. The minimum Gasteiger partial charge on any atom is -0.455 e. The second kappa shape index (κ2) is 9.32. The fraction of sp³-hybridized carbons (Fsp3) is 0.350. The molecule has 2 aromatic rings. The zero-order chi connectivity index (χ0) is 21.1. The summed E-state index contributed by atoms with van der Waals surface area (Å²) in [5, 5.41) is 3.11. The molecule has 3 rings (SSSR count). The van der Waals surface area contributed by atoms with E-state index in [2.05, 4.69) is 21.2 Å². The lowest BCUT2D eigenvalue weighted by molar-refractivity contribution is -0.144. The zero-order valence-corrected chi connectivity index (χ0v) is 19.3. The first-order valence-corrected chi connectivity index (χ1v) is 11.6. The Morgan fingerprint density at radius 2 is 2.00 bits per heavy atom. The average molecular weight is 497 g/mol. The van der Waals surface area contributed by atoms with Crippen molar-refractivity contribution in [1.29, 1.82) is 0 Å². The number of esters is 1. The summed E-state index contributed by atoms with van der Waals surface area (Å²) >= 11 is 6.22. The van der Waals surface area contributed by atoms with E-state index < -0.39 is 24.4 Å². The van der Waals surface area contributed by atoms with Crippen LogP contribution in [0.1, 0.15) is 38.3 Å². The average Bonchev–Trinajstić information content (AvgIpc) is 3.22. The summed E-state index contributed by atoms with van der Waals surface area (Å²) in [6, 6.07) is 4.01. The lowest BCUT2D eigenvalue weighted by Gasteiger charge is -2.09. The van der Waals surface area contributed by atoms with Crippen molar-refractivity contribution in [2.75, 3.05) is 17.7 Å². The van der Waals surface area contributed by atoms with Gasteiger partial charge >= 0.3 is 5.97 Å². The molecule has 0 saturated heterocycles. The Morgan fingerprint density at radius 1 is 1.24 bits per heavy atom. The van der Waals surface area contributed by atoms with E-state index >= 15 is 0 Å². The maximum absolute atomic E-state index is 12.2. The fourth-order valence-corrected chi connectivity index (χ4v) is 5.82. The van der Waals surface area contributed by atoms with Gasteiger partial charge in [-0.15, -0.1) is 23.1 Å². The molecule has 9 heteroatoms. The number of benzene rings is 1. The van der Waals surface area contributed by atoms with Crippen molar-refractivity contribution in [3.8, 4) is 0 Å². The Bertz CT molecular complexity index is 987. The van der Waals surface area contributed by atoms with E-state index in [4.69, 9.17) is 10.5 Å². The third-order valence-corrected chi connectivity index (χ3v) is 7.78. The summed E-state index contributed by atoms with van der Waals surface area (Å²) in [4.78, 5) is 38.1. The van der Waals surface area contributed by atoms with Gasteiger partial charge in [0.15, 0.2) is 6.61 Å². The summed E-state index contributed by atoms with van der Waals surface area (Å²) in [7, 11) is 0. The number of aryl methyl sites for hydroxylation is 3. The van der Waals surface area contributed by atoms with Gasteiger partial charge < -0.3 is 15.8 Å². The molecule has 0 saturated carbocycles. The van der Waals surface area contributed by atoms with Crippen LogP contribution < -0.4 is 11.1 Å². The quantitative estimate of drug-likeness (QED) is 0.445. The van der Waals surface area contributed by atoms with Crippen LogP contribution >= 0.6 is 39.0 Å². The Hall–Kier alpha value is -1.84. The van der Waals surface area contributed by atoms with Gasteiger partial charge in [-0.2, -0.15) is 0 Å². The van der Waals surface area contributed by atoms with Crippen LogP contribution in [0.3, 0.4) is 0 Å². The number of nitrogens with one attached hydrogen (secondary N) is 1. The maximum atomic E-state index is 12.2. The van der Waals surface area contributed by atoms with Crippen LogP contribution in [0.4, 0.5) is 5.00 Å². The number of carbonyl (C=O) groups is 3. The molecule has 1 aliphatic rings. The minimum atomic E-state index is -0.548. The predicted octanol–water partition coefficient (Wildman–Crippen LogP) is 3.99. The predicted molar refractivity (Wildman–Crippen MR) is 119 cm³/mol. The molecule has 6 nitrogen and oxygen atoms in total. The van der Waals surface area contributed by atoms with Crippen molar-refractivity contribution in [2.24, 2.45) is 5.73 Å². The summed E-state index contributed by atoms with van der Waals surface area (Å²) in [6.45, 7) is 3.55. The molecule has 0 aliphatic heterocycles. The molecule has 0 atom stereocenters. The van der Waals surface area contributed by atoms with Crippen LogP contribution in [0, 0.1) is 13.8 Å². The second-order valence-electron chi connectivity index (χ2n) is 6.79. The number of rotatable bonds is 7. The number of ether oxygens (including phenoxy) is 1. The third-order valence-electron chi connectivity index (χ3n) is 4.59. The van der Waals surface area contributed by atoms with Crippen LogP contribution in [0.15, 0.2) is 21.5 Å². The molecule has 154 valence electrons. The number of halogens is 1. The van der Waals surface area contributed by atoms with Crippen molar-refractivity contribution in [1.82, 2.24) is 0 Å². The molecular formula is C20H21BrN2O4S2. The van der Waals surface area contributed by atoms with Crippen molar-refractivity contribution in [3.05, 3.63) is 43.7 Å². The molecular weight excluding hydrogens is 476 g/mol. The third kappa shape index (κ3) is 5.21. The van der Waals surface area contributed by atoms with Gasteiger partial charge in [-0.25, -0.2) is 0 Å². The van der Waals surface area contributed by atoms with Crippen LogP contribution in [-0.4, -0.2) is 30.1 Å². The monoisotopic (exact) mass is 496 g/mol. The summed E-state index contributed by atoms with van der Waals surface area (Å²) in [5.41, 5.74) is 8.95. The van der Waals surface area contributed by atoms with Crippen LogP contribution in [0.25, 0.3) is 0 Å². The molecule has 1 aromatic carbocycles. The highest BCUT2D eigenvalue weighted by atomic mass is 79.9. The first kappa shape index (κ1) is 21.9.